The minimum Gasteiger partial charge on any atom is -0.444 e. The van der Waals surface area contributed by atoms with Crippen LogP contribution >= 0.6 is 0 Å². The summed E-state index contributed by atoms with van der Waals surface area (Å²) < 4.78 is 5.36. The van der Waals surface area contributed by atoms with Gasteiger partial charge in [-0.15, -0.1) is 0 Å². The van der Waals surface area contributed by atoms with Gasteiger partial charge in [-0.05, 0) is 39.5 Å². The molecule has 3 unspecified atom stereocenters. The molecule has 0 aromatic rings. The van der Waals surface area contributed by atoms with Gasteiger partial charge in [0, 0.05) is 12.1 Å². The first kappa shape index (κ1) is 9.81. The van der Waals surface area contributed by atoms with Crippen LogP contribution in [0.4, 0.5) is 4.79 Å². The van der Waals surface area contributed by atoms with Gasteiger partial charge in [0.1, 0.15) is 5.60 Å². The molecule has 3 aliphatic rings. The number of hydrogen-bond acceptors (Lipinski definition) is 2. The van der Waals surface area contributed by atoms with E-state index in [0.717, 1.165) is 6.42 Å². The van der Waals surface area contributed by atoms with Crippen molar-refractivity contribution in [2.24, 2.45) is 5.92 Å². The molecule has 0 N–H and O–H groups in total. The molecule has 1 aliphatic carbocycles. The lowest BCUT2D eigenvalue weighted by Gasteiger charge is -2.41. The normalized spacial score (nSPS) is 35.4. The van der Waals surface area contributed by atoms with Crippen LogP contribution in [0.25, 0.3) is 0 Å². The number of hydrogen-bond donors (Lipinski definition) is 0. The number of carbonyl (C=O) groups is 1. The molecular formula is C11H19NO2. The van der Waals surface area contributed by atoms with E-state index in [0.29, 0.717) is 18.0 Å². The third kappa shape index (κ3) is 1.49. The van der Waals surface area contributed by atoms with Crippen LogP contribution < -0.4 is 0 Å². The summed E-state index contributed by atoms with van der Waals surface area (Å²) in [7, 11) is 0. The lowest BCUT2D eigenvalue weighted by atomic mass is 10.0. The fourth-order valence-electron chi connectivity index (χ4n) is 2.54. The second-order valence-electron chi connectivity index (χ2n) is 5.56. The fourth-order valence-corrected chi connectivity index (χ4v) is 2.54. The summed E-state index contributed by atoms with van der Waals surface area (Å²) in [6.45, 7) is 7.96. The number of carbonyl (C=O) groups excluding carboxylic acids is 1. The fraction of sp³-hybridized carbons (Fsp3) is 0.909. The van der Waals surface area contributed by atoms with Crippen molar-refractivity contribution in [2.75, 3.05) is 0 Å². The van der Waals surface area contributed by atoms with Gasteiger partial charge in [0.05, 0.1) is 0 Å². The Morgan fingerprint density at radius 2 is 2.00 bits per heavy atom. The Labute approximate surface area is 85.4 Å². The van der Waals surface area contributed by atoms with E-state index in [1.54, 1.807) is 0 Å². The number of amides is 1. The van der Waals surface area contributed by atoms with Gasteiger partial charge in [0.15, 0.2) is 0 Å². The molecule has 2 heterocycles. The standard InChI is InChI=1S/C11H19NO2/c1-7-5-8-6-9(7)12(8)10(13)14-11(2,3)4/h7-9H,5-6H2,1-4H3. The van der Waals surface area contributed by atoms with E-state index in [1.807, 2.05) is 25.7 Å². The average molecular weight is 197 g/mol. The van der Waals surface area contributed by atoms with Crippen molar-refractivity contribution in [2.45, 2.75) is 58.2 Å². The van der Waals surface area contributed by atoms with Crippen LogP contribution in [-0.4, -0.2) is 28.7 Å². The highest BCUT2D eigenvalue weighted by atomic mass is 16.6. The quantitative estimate of drug-likeness (QED) is 0.596. The molecule has 80 valence electrons. The van der Waals surface area contributed by atoms with Crippen molar-refractivity contribution in [1.29, 1.82) is 0 Å². The zero-order valence-electron chi connectivity index (χ0n) is 9.41. The van der Waals surface area contributed by atoms with Crippen LogP contribution in [0.5, 0.6) is 0 Å². The predicted molar refractivity (Wildman–Crippen MR) is 54.0 cm³/mol. The van der Waals surface area contributed by atoms with Crippen molar-refractivity contribution < 1.29 is 9.53 Å². The lowest BCUT2D eigenvalue weighted by molar-refractivity contribution is -0.0118. The van der Waals surface area contributed by atoms with Gasteiger partial charge in [0.25, 0.3) is 0 Å². The Morgan fingerprint density at radius 1 is 1.36 bits per heavy atom. The van der Waals surface area contributed by atoms with E-state index in [2.05, 4.69) is 6.92 Å². The first-order valence-corrected chi connectivity index (χ1v) is 5.40. The van der Waals surface area contributed by atoms with E-state index in [1.165, 1.54) is 6.42 Å². The number of fused-ring (bicyclic) bond motifs is 1. The summed E-state index contributed by atoms with van der Waals surface area (Å²) in [5, 5.41) is 0. The summed E-state index contributed by atoms with van der Waals surface area (Å²) >= 11 is 0. The Bertz CT molecular complexity index is 257. The summed E-state index contributed by atoms with van der Waals surface area (Å²) in [4.78, 5) is 13.7. The van der Waals surface area contributed by atoms with E-state index < -0.39 is 0 Å². The maximum Gasteiger partial charge on any atom is 0.410 e. The van der Waals surface area contributed by atoms with Crippen LogP contribution in [0.3, 0.4) is 0 Å². The van der Waals surface area contributed by atoms with E-state index >= 15 is 0 Å². The molecule has 2 aliphatic heterocycles. The molecule has 14 heavy (non-hydrogen) atoms. The molecule has 0 radical (unpaired) electrons. The first-order valence-electron chi connectivity index (χ1n) is 5.40. The average Bonchev–Trinajstić information content (AvgIpc) is 2.37. The van der Waals surface area contributed by atoms with Crippen LogP contribution in [0.1, 0.15) is 40.5 Å². The Hall–Kier alpha value is -0.730. The Kier molecular flexibility index (Phi) is 2.02. The van der Waals surface area contributed by atoms with Gasteiger partial charge < -0.3 is 9.64 Å². The van der Waals surface area contributed by atoms with Crippen molar-refractivity contribution in [3.8, 4) is 0 Å². The van der Waals surface area contributed by atoms with Crippen LogP contribution in [0.2, 0.25) is 0 Å². The van der Waals surface area contributed by atoms with Crippen molar-refractivity contribution >= 4 is 6.09 Å². The number of ether oxygens (including phenoxy) is 1. The number of rotatable bonds is 0. The molecule has 3 rings (SSSR count). The molecule has 1 saturated carbocycles. The van der Waals surface area contributed by atoms with Crippen LogP contribution in [0.15, 0.2) is 0 Å². The van der Waals surface area contributed by atoms with Crippen LogP contribution in [0, 0.1) is 5.92 Å². The third-order valence-electron chi connectivity index (χ3n) is 3.17. The summed E-state index contributed by atoms with van der Waals surface area (Å²) in [6.07, 6.45) is 2.22. The predicted octanol–water partition coefficient (Wildman–Crippen LogP) is 2.40. The van der Waals surface area contributed by atoms with E-state index in [-0.39, 0.29) is 11.7 Å². The van der Waals surface area contributed by atoms with E-state index in [9.17, 15) is 4.79 Å². The lowest BCUT2D eigenvalue weighted by Crippen LogP contribution is -2.54. The molecule has 0 aromatic carbocycles. The molecule has 3 fully saturated rings. The molecule has 2 saturated heterocycles. The second kappa shape index (κ2) is 2.88. The molecular weight excluding hydrogens is 178 g/mol. The Balaban J connectivity index is 1.95. The highest BCUT2D eigenvalue weighted by molar-refractivity contribution is 5.70. The largest absolute Gasteiger partial charge is 0.444 e. The summed E-state index contributed by atoms with van der Waals surface area (Å²) in [5.74, 6) is 0.660. The molecule has 3 nitrogen and oxygen atoms in total. The zero-order valence-corrected chi connectivity index (χ0v) is 9.41. The SMILES string of the molecule is CC1CC2CC1N2C(=O)OC(C)(C)C. The van der Waals surface area contributed by atoms with Gasteiger partial charge in [-0.1, -0.05) is 6.92 Å². The van der Waals surface area contributed by atoms with Crippen molar-refractivity contribution in [1.82, 2.24) is 4.90 Å². The second-order valence-corrected chi connectivity index (χ2v) is 5.56. The monoisotopic (exact) mass is 197 g/mol. The number of nitrogens with zero attached hydrogens (tertiary/aromatic N) is 1. The molecule has 2 bridgehead atoms. The van der Waals surface area contributed by atoms with Crippen molar-refractivity contribution in [3.05, 3.63) is 0 Å². The van der Waals surface area contributed by atoms with Gasteiger partial charge in [-0.25, -0.2) is 4.79 Å². The maximum absolute atomic E-state index is 11.8. The molecule has 3 atom stereocenters. The highest BCUT2D eigenvalue weighted by Gasteiger charge is 2.52. The molecule has 3 heteroatoms. The molecule has 1 amide bonds. The van der Waals surface area contributed by atoms with Crippen molar-refractivity contribution in [3.63, 3.8) is 0 Å². The zero-order chi connectivity index (χ0) is 10.5. The highest BCUT2D eigenvalue weighted by Crippen LogP contribution is 2.45. The maximum atomic E-state index is 11.8. The minimum atomic E-state index is -0.366. The van der Waals surface area contributed by atoms with Gasteiger partial charge in [-0.3, -0.25) is 0 Å². The van der Waals surface area contributed by atoms with Crippen LogP contribution in [-0.2, 0) is 4.74 Å². The van der Waals surface area contributed by atoms with Gasteiger partial charge in [-0.2, -0.15) is 0 Å². The van der Waals surface area contributed by atoms with E-state index in [4.69, 9.17) is 4.74 Å². The molecule has 0 spiro atoms. The minimum absolute atomic E-state index is 0.122. The Morgan fingerprint density at radius 3 is 2.36 bits per heavy atom. The smallest absolute Gasteiger partial charge is 0.410 e. The van der Waals surface area contributed by atoms with Gasteiger partial charge in [0.2, 0.25) is 0 Å². The summed E-state index contributed by atoms with van der Waals surface area (Å²) in [5.41, 5.74) is -0.366. The third-order valence-corrected chi connectivity index (χ3v) is 3.17. The molecule has 0 aromatic heterocycles. The van der Waals surface area contributed by atoms with Gasteiger partial charge >= 0.3 is 6.09 Å². The first-order chi connectivity index (χ1) is 6.38. The summed E-state index contributed by atoms with van der Waals surface area (Å²) in [6, 6.07) is 0.916. The topological polar surface area (TPSA) is 29.5 Å².